The molecule has 0 amide bonds. The predicted molar refractivity (Wildman–Crippen MR) is 28.9 cm³/mol. The molecular formula is C4HF6LiO. The summed E-state index contributed by atoms with van der Waals surface area (Å²) in [5, 5.41) is 0. The maximum atomic E-state index is 11.4. The van der Waals surface area contributed by atoms with E-state index in [4.69, 9.17) is 0 Å². The zero-order valence-corrected chi connectivity index (χ0v) is 4.68. The summed E-state index contributed by atoms with van der Waals surface area (Å²) in [4.78, 5) is 0. The van der Waals surface area contributed by atoms with Crippen LogP contribution in [0, 0.1) is 0 Å². The van der Waals surface area contributed by atoms with Crippen LogP contribution in [-0.4, -0.2) is 18.9 Å². The molecule has 0 aliphatic heterocycles. The Bertz CT molecular complexity index is 182. The fourth-order valence-corrected chi connectivity index (χ4v) is 0.156. The normalized spacial score (nSPS) is 8.17. The Morgan fingerprint density at radius 2 is 0.917 bits per heavy atom. The topological polar surface area (TPSA) is 9.23 Å². The third-order valence-electron chi connectivity index (χ3n) is 0.476. The molecule has 0 saturated carbocycles. The van der Waals surface area contributed by atoms with Crippen LogP contribution in [0.1, 0.15) is 0 Å². The minimum absolute atomic E-state index is 0. The second-order valence-electron chi connectivity index (χ2n) is 1.17. The molecule has 0 fully saturated rings. The summed E-state index contributed by atoms with van der Waals surface area (Å²) < 4.78 is 69.6. The number of ether oxygens (including phenoxy) is 1. The van der Waals surface area contributed by atoms with Gasteiger partial charge in [0.25, 0.3) is 0 Å². The van der Waals surface area contributed by atoms with Gasteiger partial charge < -0.3 is 4.74 Å². The quantitative estimate of drug-likeness (QED) is 0.365. The van der Waals surface area contributed by atoms with Gasteiger partial charge in [0.15, 0.2) is 0 Å². The molecule has 0 aromatic heterocycles. The molecule has 66 valence electrons. The van der Waals surface area contributed by atoms with E-state index in [-0.39, 0.29) is 18.9 Å². The molecule has 0 aliphatic rings. The Kier molecular flexibility index (Phi) is 7.04. The molecule has 0 atom stereocenters. The second-order valence-corrected chi connectivity index (χ2v) is 1.17. The summed E-state index contributed by atoms with van der Waals surface area (Å²) in [7, 11) is 0. The first-order chi connectivity index (χ1) is 4.95. The Morgan fingerprint density at radius 1 is 0.667 bits per heavy atom. The van der Waals surface area contributed by atoms with Crippen molar-refractivity contribution in [2.24, 2.45) is 0 Å². The third-order valence-corrected chi connectivity index (χ3v) is 0.476. The standard InChI is InChI=1S/C4F6O.Li.H/c5-1(6)3(9)11-4(10)2(7)8;;. The second kappa shape index (κ2) is 6.03. The molecule has 0 radical (unpaired) electrons. The first kappa shape index (κ1) is 14.0. The van der Waals surface area contributed by atoms with E-state index in [9.17, 15) is 26.3 Å². The molecule has 0 heterocycles. The Balaban J connectivity index is 0. The van der Waals surface area contributed by atoms with Crippen molar-refractivity contribution in [3.8, 4) is 0 Å². The molecular weight excluding hydrogens is 185 g/mol. The summed E-state index contributed by atoms with van der Waals surface area (Å²) in [6, 6.07) is -5.37. The molecule has 0 aromatic carbocycles. The van der Waals surface area contributed by atoms with Crippen molar-refractivity contribution in [3.05, 3.63) is 24.2 Å². The molecule has 12 heavy (non-hydrogen) atoms. The third kappa shape index (κ3) is 5.15. The van der Waals surface area contributed by atoms with Gasteiger partial charge >= 0.3 is 43.0 Å². The Labute approximate surface area is 74.9 Å². The molecule has 0 saturated heterocycles. The number of halogens is 6. The van der Waals surface area contributed by atoms with Crippen LogP contribution < -0.4 is 0 Å². The van der Waals surface area contributed by atoms with Gasteiger partial charge in [-0.05, 0) is 0 Å². The fourth-order valence-electron chi connectivity index (χ4n) is 0.156. The van der Waals surface area contributed by atoms with E-state index in [0.29, 0.717) is 0 Å². The predicted octanol–water partition coefficient (Wildman–Crippen LogP) is 2.42. The molecule has 0 unspecified atom stereocenters. The van der Waals surface area contributed by atoms with Crippen molar-refractivity contribution >= 4 is 18.9 Å². The summed E-state index contributed by atoms with van der Waals surface area (Å²) in [6.45, 7) is 0. The number of rotatable bonds is 2. The van der Waals surface area contributed by atoms with Gasteiger partial charge in [0.05, 0.1) is 0 Å². The SMILES string of the molecule is FC(F)=C(F)OC(F)=C(F)F.[LiH]. The van der Waals surface area contributed by atoms with Gasteiger partial charge in [0.2, 0.25) is 0 Å². The van der Waals surface area contributed by atoms with Crippen LogP contribution in [0.4, 0.5) is 26.3 Å². The number of hydrogen-bond donors (Lipinski definition) is 0. The number of hydrogen-bond acceptors (Lipinski definition) is 1. The van der Waals surface area contributed by atoms with E-state index in [1.54, 1.807) is 0 Å². The molecule has 1 nitrogen and oxygen atoms in total. The first-order valence-corrected chi connectivity index (χ1v) is 2.04. The van der Waals surface area contributed by atoms with Crippen molar-refractivity contribution in [1.29, 1.82) is 0 Å². The summed E-state index contributed by atoms with van der Waals surface area (Å²) in [5.74, 6) is 0. The van der Waals surface area contributed by atoms with Crippen LogP contribution in [0.3, 0.4) is 0 Å². The van der Waals surface area contributed by atoms with Crippen molar-refractivity contribution < 1.29 is 31.1 Å². The van der Waals surface area contributed by atoms with Crippen LogP contribution in [0.5, 0.6) is 0 Å². The van der Waals surface area contributed by atoms with Crippen molar-refractivity contribution in [2.75, 3.05) is 0 Å². The van der Waals surface area contributed by atoms with Crippen molar-refractivity contribution in [2.45, 2.75) is 0 Å². The molecule has 0 aliphatic carbocycles. The van der Waals surface area contributed by atoms with E-state index >= 15 is 0 Å². The summed E-state index contributed by atoms with van der Waals surface area (Å²) >= 11 is 0. The molecule has 8 heteroatoms. The zero-order chi connectivity index (χ0) is 9.02. The summed E-state index contributed by atoms with van der Waals surface area (Å²) in [6.07, 6.45) is -6.03. The van der Waals surface area contributed by atoms with E-state index in [1.807, 2.05) is 0 Å². The molecule has 0 rings (SSSR count). The molecule has 0 aromatic rings. The Hall–Kier alpha value is -0.543. The summed E-state index contributed by atoms with van der Waals surface area (Å²) in [5.41, 5.74) is 0. The van der Waals surface area contributed by atoms with Crippen LogP contribution in [-0.2, 0) is 4.74 Å². The van der Waals surface area contributed by atoms with E-state index in [0.717, 1.165) is 0 Å². The maximum absolute atomic E-state index is 11.4. The van der Waals surface area contributed by atoms with Gasteiger partial charge in [-0.25, -0.2) is 0 Å². The van der Waals surface area contributed by atoms with Gasteiger partial charge in [-0.3, -0.25) is 0 Å². The first-order valence-electron chi connectivity index (χ1n) is 2.04. The van der Waals surface area contributed by atoms with Crippen molar-refractivity contribution in [3.63, 3.8) is 0 Å². The fraction of sp³-hybridized carbons (Fsp3) is 0. The van der Waals surface area contributed by atoms with Crippen LogP contribution in [0.25, 0.3) is 0 Å². The van der Waals surface area contributed by atoms with E-state index in [1.165, 1.54) is 0 Å². The Morgan fingerprint density at radius 3 is 1.08 bits per heavy atom. The molecule has 0 bridgehead atoms. The van der Waals surface area contributed by atoms with Gasteiger partial charge in [-0.15, -0.1) is 0 Å². The minimum atomic E-state index is -3.01. The zero-order valence-electron chi connectivity index (χ0n) is 4.68. The van der Waals surface area contributed by atoms with Crippen LogP contribution in [0.15, 0.2) is 24.2 Å². The van der Waals surface area contributed by atoms with Gasteiger partial charge in [0.1, 0.15) is 0 Å². The average Bonchev–Trinajstić information content (AvgIpc) is 1.87. The van der Waals surface area contributed by atoms with Gasteiger partial charge in [-0.2, -0.15) is 26.3 Å². The van der Waals surface area contributed by atoms with E-state index in [2.05, 4.69) is 4.74 Å². The van der Waals surface area contributed by atoms with E-state index < -0.39 is 24.2 Å². The molecule has 0 spiro atoms. The monoisotopic (exact) mass is 186 g/mol. The molecule has 0 N–H and O–H groups in total. The average molecular weight is 186 g/mol. The van der Waals surface area contributed by atoms with Crippen molar-refractivity contribution in [1.82, 2.24) is 0 Å². The van der Waals surface area contributed by atoms with Gasteiger partial charge in [-0.1, -0.05) is 0 Å². The van der Waals surface area contributed by atoms with Gasteiger partial charge in [0, 0.05) is 0 Å². The van der Waals surface area contributed by atoms with Crippen LogP contribution >= 0.6 is 0 Å². The van der Waals surface area contributed by atoms with Crippen LogP contribution in [0.2, 0.25) is 0 Å².